The lowest BCUT2D eigenvalue weighted by atomic mass is 10.0. The summed E-state index contributed by atoms with van der Waals surface area (Å²) in [4.78, 5) is 27.2. The number of halogens is 1. The molecule has 144 valence electrons. The number of amides is 2. The molecule has 7 nitrogen and oxygen atoms in total. The van der Waals surface area contributed by atoms with Crippen molar-refractivity contribution in [2.75, 3.05) is 6.54 Å². The number of nitrogens with one attached hydrogen (secondary N) is 2. The first-order chi connectivity index (χ1) is 12.7. The van der Waals surface area contributed by atoms with E-state index in [1.165, 1.54) is 0 Å². The first-order valence-corrected chi connectivity index (χ1v) is 9.57. The average Bonchev–Trinajstić information content (AvgIpc) is 3.28. The van der Waals surface area contributed by atoms with Crippen LogP contribution in [0.3, 0.4) is 0 Å². The summed E-state index contributed by atoms with van der Waals surface area (Å²) in [6.07, 6.45) is 3.53. The first kappa shape index (κ1) is 18.3. The zero-order valence-corrected chi connectivity index (χ0v) is 16.1. The molecule has 1 saturated heterocycles. The van der Waals surface area contributed by atoms with Crippen molar-refractivity contribution in [2.45, 2.75) is 50.8 Å². The highest BCUT2D eigenvalue weighted by atomic mass is 35.5. The molecule has 2 aliphatic rings. The molecule has 3 N–H and O–H groups in total. The fraction of sp³-hybridized carbons (Fsp3) is 0.526. The van der Waals surface area contributed by atoms with Gasteiger partial charge in [-0.25, -0.2) is 0 Å². The third kappa shape index (κ3) is 3.30. The summed E-state index contributed by atoms with van der Waals surface area (Å²) in [6.45, 7) is 3.89. The molecule has 2 bridgehead atoms. The van der Waals surface area contributed by atoms with Gasteiger partial charge in [0.2, 0.25) is 5.91 Å². The van der Waals surface area contributed by atoms with Gasteiger partial charge in [-0.05, 0) is 44.7 Å². The van der Waals surface area contributed by atoms with E-state index in [4.69, 9.17) is 11.6 Å². The summed E-state index contributed by atoms with van der Waals surface area (Å²) in [5.41, 5.74) is 0.151. The minimum absolute atomic E-state index is 0.0229. The third-order valence-corrected chi connectivity index (χ3v) is 6.00. The second-order valence-electron chi connectivity index (χ2n) is 8.20. The van der Waals surface area contributed by atoms with Gasteiger partial charge in [-0.1, -0.05) is 11.6 Å². The molecule has 0 unspecified atom stereocenters. The molecule has 1 aromatic carbocycles. The number of hydrogen-bond acceptors (Lipinski definition) is 4. The molecule has 1 aliphatic heterocycles. The molecular weight excluding hydrogens is 368 g/mol. The summed E-state index contributed by atoms with van der Waals surface area (Å²) >= 11 is 6.39. The van der Waals surface area contributed by atoms with Gasteiger partial charge in [0.15, 0.2) is 0 Å². The Morgan fingerprint density at radius 1 is 1.41 bits per heavy atom. The summed E-state index contributed by atoms with van der Waals surface area (Å²) in [5, 5.41) is 20.9. The molecule has 1 aliphatic carbocycles. The van der Waals surface area contributed by atoms with Gasteiger partial charge in [0.25, 0.3) is 5.91 Å². The largest absolute Gasteiger partial charge is 0.390 e. The van der Waals surface area contributed by atoms with Crippen LogP contribution in [0.25, 0.3) is 10.9 Å². The standard InChI is InChI=1S/C19H23ClN4O3/c1-19(2,27)7-15(25)24-9-10-3-6-14(24)17(10)22-18(26)11-4-5-13-12(16(11)20)8-21-23-13/h4-5,8,10,14,17,27H,3,6-7,9H2,1-2H3,(H,21,23)(H,22,26)/t10-,14-,17-/m0/s1. The predicted octanol–water partition coefficient (Wildman–Crippen LogP) is 2.10. The van der Waals surface area contributed by atoms with E-state index < -0.39 is 5.60 Å². The van der Waals surface area contributed by atoms with E-state index in [1.54, 1.807) is 32.2 Å². The van der Waals surface area contributed by atoms with Crippen LogP contribution in [0.1, 0.15) is 43.5 Å². The molecule has 3 atom stereocenters. The zero-order valence-electron chi connectivity index (χ0n) is 15.3. The van der Waals surface area contributed by atoms with Gasteiger partial charge < -0.3 is 15.3 Å². The van der Waals surface area contributed by atoms with E-state index in [1.807, 2.05) is 4.90 Å². The fourth-order valence-corrected chi connectivity index (χ4v) is 4.66. The maximum absolute atomic E-state index is 12.8. The van der Waals surface area contributed by atoms with Crippen molar-refractivity contribution in [3.8, 4) is 0 Å². The van der Waals surface area contributed by atoms with Crippen molar-refractivity contribution in [2.24, 2.45) is 5.92 Å². The Morgan fingerprint density at radius 3 is 2.93 bits per heavy atom. The summed E-state index contributed by atoms with van der Waals surface area (Å²) < 4.78 is 0. The Hall–Kier alpha value is -2.12. The van der Waals surface area contributed by atoms with Crippen molar-refractivity contribution >= 4 is 34.3 Å². The molecule has 2 aromatic rings. The molecule has 1 saturated carbocycles. The zero-order chi connectivity index (χ0) is 19.3. The van der Waals surface area contributed by atoms with Crippen LogP contribution in [0.4, 0.5) is 0 Å². The van der Waals surface area contributed by atoms with Crippen LogP contribution in [-0.2, 0) is 4.79 Å². The number of likely N-dealkylation sites (tertiary alicyclic amines) is 1. The lowest BCUT2D eigenvalue weighted by Gasteiger charge is -2.30. The molecule has 2 amide bonds. The average molecular weight is 391 g/mol. The summed E-state index contributed by atoms with van der Waals surface area (Å²) in [5.74, 6) is -0.0604. The second-order valence-corrected chi connectivity index (χ2v) is 8.58. The number of carbonyl (C=O) groups excluding carboxylic acids is 2. The van der Waals surface area contributed by atoms with Gasteiger partial charge in [0.05, 0.1) is 46.4 Å². The lowest BCUT2D eigenvalue weighted by Crippen LogP contribution is -2.46. The van der Waals surface area contributed by atoms with Gasteiger partial charge in [0.1, 0.15) is 0 Å². The Balaban J connectivity index is 1.50. The van der Waals surface area contributed by atoms with Crippen LogP contribution in [0.2, 0.25) is 5.02 Å². The number of carbonyl (C=O) groups is 2. The Labute approximate surface area is 162 Å². The maximum Gasteiger partial charge on any atom is 0.253 e. The van der Waals surface area contributed by atoms with Crippen molar-refractivity contribution in [1.82, 2.24) is 20.4 Å². The highest BCUT2D eigenvalue weighted by molar-refractivity contribution is 6.38. The number of benzene rings is 1. The van der Waals surface area contributed by atoms with Crippen molar-refractivity contribution in [3.63, 3.8) is 0 Å². The topological polar surface area (TPSA) is 98.3 Å². The number of rotatable bonds is 4. The second kappa shape index (κ2) is 6.49. The highest BCUT2D eigenvalue weighted by Crippen LogP contribution is 2.39. The molecule has 0 spiro atoms. The molecule has 2 heterocycles. The summed E-state index contributed by atoms with van der Waals surface area (Å²) in [7, 11) is 0. The van der Waals surface area contributed by atoms with Gasteiger partial charge in [-0.15, -0.1) is 0 Å². The molecular formula is C19H23ClN4O3. The molecule has 27 heavy (non-hydrogen) atoms. The van der Waals surface area contributed by atoms with Crippen molar-refractivity contribution < 1.29 is 14.7 Å². The van der Waals surface area contributed by atoms with Crippen LogP contribution >= 0.6 is 11.6 Å². The van der Waals surface area contributed by atoms with E-state index in [9.17, 15) is 14.7 Å². The molecule has 4 rings (SSSR count). The van der Waals surface area contributed by atoms with Crippen LogP contribution in [0, 0.1) is 5.92 Å². The SMILES string of the molecule is CC(C)(O)CC(=O)N1C[C@@H]2CC[C@H]1[C@H]2NC(=O)c1ccc2[nH]ncc2c1Cl. The van der Waals surface area contributed by atoms with E-state index in [-0.39, 0.29) is 36.2 Å². The first-order valence-electron chi connectivity index (χ1n) is 9.19. The predicted molar refractivity (Wildman–Crippen MR) is 101 cm³/mol. The Bertz CT molecular complexity index is 904. The quantitative estimate of drug-likeness (QED) is 0.744. The summed E-state index contributed by atoms with van der Waals surface area (Å²) in [6, 6.07) is 3.36. The molecule has 0 radical (unpaired) electrons. The molecule has 8 heteroatoms. The number of hydrogen-bond donors (Lipinski definition) is 3. The minimum atomic E-state index is -1.04. The lowest BCUT2D eigenvalue weighted by molar-refractivity contribution is -0.137. The van der Waals surface area contributed by atoms with Gasteiger partial charge in [0, 0.05) is 11.9 Å². The third-order valence-electron chi connectivity index (χ3n) is 5.59. The molecule has 1 aromatic heterocycles. The van der Waals surface area contributed by atoms with Crippen LogP contribution in [0.5, 0.6) is 0 Å². The number of H-pyrrole nitrogens is 1. The minimum Gasteiger partial charge on any atom is -0.390 e. The van der Waals surface area contributed by atoms with Crippen LogP contribution in [-0.4, -0.2) is 56.2 Å². The van der Waals surface area contributed by atoms with Gasteiger partial charge >= 0.3 is 0 Å². The number of aliphatic hydroxyl groups is 1. The fourth-order valence-electron chi connectivity index (χ4n) is 4.36. The number of nitrogens with zero attached hydrogens (tertiary/aromatic N) is 2. The highest BCUT2D eigenvalue weighted by Gasteiger charge is 2.49. The van der Waals surface area contributed by atoms with E-state index in [0.717, 1.165) is 18.4 Å². The normalized spacial score (nSPS) is 24.6. The Morgan fingerprint density at radius 2 is 2.19 bits per heavy atom. The van der Waals surface area contributed by atoms with Crippen LogP contribution < -0.4 is 5.32 Å². The van der Waals surface area contributed by atoms with Gasteiger partial charge in [-0.3, -0.25) is 14.7 Å². The maximum atomic E-state index is 12.8. The number of aromatic amines is 1. The number of fused-ring (bicyclic) bond motifs is 3. The number of aromatic nitrogens is 2. The smallest absolute Gasteiger partial charge is 0.253 e. The Kier molecular flexibility index (Phi) is 4.39. The van der Waals surface area contributed by atoms with Crippen molar-refractivity contribution in [3.05, 3.63) is 28.9 Å². The molecule has 2 fully saturated rings. The monoisotopic (exact) mass is 390 g/mol. The van der Waals surface area contributed by atoms with Gasteiger partial charge in [-0.2, -0.15) is 5.10 Å². The van der Waals surface area contributed by atoms with Crippen molar-refractivity contribution in [1.29, 1.82) is 0 Å². The van der Waals surface area contributed by atoms with Crippen LogP contribution in [0.15, 0.2) is 18.3 Å². The van der Waals surface area contributed by atoms with E-state index >= 15 is 0 Å². The van der Waals surface area contributed by atoms with E-state index in [0.29, 0.717) is 22.5 Å². The number of piperidine rings is 1. The van der Waals surface area contributed by atoms with E-state index in [2.05, 4.69) is 15.5 Å².